The number of alkyl halides is 3. The first-order valence-corrected chi connectivity index (χ1v) is 11.2. The van der Waals surface area contributed by atoms with Crippen molar-refractivity contribution in [3.63, 3.8) is 0 Å². The molecule has 0 unspecified atom stereocenters. The van der Waals surface area contributed by atoms with Crippen molar-refractivity contribution in [2.45, 2.75) is 24.7 Å². The zero-order valence-electron chi connectivity index (χ0n) is 18.7. The quantitative estimate of drug-likeness (QED) is 0.308. The molecular formula is C22H18ClF3N8O3. The van der Waals surface area contributed by atoms with E-state index in [9.17, 15) is 27.9 Å². The first kappa shape index (κ1) is 24.4. The molecule has 15 heteroatoms. The summed E-state index contributed by atoms with van der Waals surface area (Å²) in [6.45, 7) is -0.0687. The van der Waals surface area contributed by atoms with Crippen LogP contribution in [0.15, 0.2) is 42.6 Å². The minimum atomic E-state index is -4.72. The van der Waals surface area contributed by atoms with Crippen molar-refractivity contribution < 1.29 is 27.9 Å². The van der Waals surface area contributed by atoms with Crippen molar-refractivity contribution in [3.8, 4) is 11.3 Å². The molecule has 0 saturated carbocycles. The van der Waals surface area contributed by atoms with E-state index in [1.54, 1.807) is 24.4 Å². The standard InChI is InChI=1S/C22H18ClF3N8O3/c23-15-4-2-11(6-14(15)22(24,25)26)28-20(35)18-7-12(8-33(18)21(36)37)34-9-17(30-32-34)10-1-3-13-16(5-10)29-31-19(13)27/h1-6,9,12,18H,7-8H2,(H,28,35)(H,36,37)(H3,27,29,31)/t12-,18-/m0/s1. The molecule has 11 nitrogen and oxygen atoms in total. The number of carbonyl (C=O) groups is 2. The number of benzene rings is 2. The monoisotopic (exact) mass is 534 g/mol. The Hall–Kier alpha value is -4.33. The van der Waals surface area contributed by atoms with Crippen LogP contribution in [0, 0.1) is 0 Å². The molecule has 0 spiro atoms. The zero-order chi connectivity index (χ0) is 26.5. The van der Waals surface area contributed by atoms with Crippen LogP contribution in [0.1, 0.15) is 18.0 Å². The number of fused-ring (bicyclic) bond motifs is 1. The SMILES string of the molecule is Nc1n[nH]c2cc(-c3cn([C@H]4C[C@@H](C(=O)Nc5ccc(Cl)c(C(F)(F)F)c5)N(C(=O)O)C4)nn3)ccc12. The minimum absolute atomic E-state index is 0.0385. The van der Waals surface area contributed by atoms with Gasteiger partial charge in [0.25, 0.3) is 0 Å². The summed E-state index contributed by atoms with van der Waals surface area (Å²) in [4.78, 5) is 25.7. The van der Waals surface area contributed by atoms with Crippen LogP contribution >= 0.6 is 11.6 Å². The second kappa shape index (κ2) is 8.96. The molecule has 1 saturated heterocycles. The van der Waals surface area contributed by atoms with Gasteiger partial charge >= 0.3 is 12.3 Å². The third kappa shape index (κ3) is 4.62. The normalized spacial score (nSPS) is 17.9. The molecule has 2 atom stereocenters. The van der Waals surface area contributed by atoms with E-state index >= 15 is 0 Å². The number of H-pyrrole nitrogens is 1. The molecule has 37 heavy (non-hydrogen) atoms. The highest BCUT2D eigenvalue weighted by Crippen LogP contribution is 2.36. The number of halogens is 4. The number of carboxylic acid groups (broad SMARTS) is 1. The lowest BCUT2D eigenvalue weighted by molar-refractivity contribution is -0.137. The number of nitrogens with one attached hydrogen (secondary N) is 2. The lowest BCUT2D eigenvalue weighted by Crippen LogP contribution is -2.42. The molecule has 5 rings (SSSR count). The Morgan fingerprint density at radius 2 is 2.00 bits per heavy atom. The number of aromatic nitrogens is 5. The van der Waals surface area contributed by atoms with Crippen molar-refractivity contribution in [2.75, 3.05) is 17.6 Å². The van der Waals surface area contributed by atoms with Gasteiger partial charge in [-0.2, -0.15) is 18.3 Å². The maximum atomic E-state index is 13.2. The van der Waals surface area contributed by atoms with Crippen molar-refractivity contribution in [2.24, 2.45) is 0 Å². The second-order valence-corrected chi connectivity index (χ2v) is 8.88. The van der Waals surface area contributed by atoms with E-state index in [4.69, 9.17) is 17.3 Å². The van der Waals surface area contributed by atoms with Crippen LogP contribution < -0.4 is 11.1 Å². The second-order valence-electron chi connectivity index (χ2n) is 8.47. The van der Waals surface area contributed by atoms with Crippen LogP contribution in [-0.4, -0.2) is 59.8 Å². The smallest absolute Gasteiger partial charge is 0.417 e. The summed E-state index contributed by atoms with van der Waals surface area (Å²) in [5.41, 5.74) is 6.45. The van der Waals surface area contributed by atoms with Crippen LogP contribution in [0.25, 0.3) is 22.2 Å². The van der Waals surface area contributed by atoms with Crippen molar-refractivity contribution in [1.82, 2.24) is 30.1 Å². The van der Waals surface area contributed by atoms with Crippen LogP contribution in [-0.2, 0) is 11.0 Å². The number of carbonyl (C=O) groups excluding carboxylic acids is 1. The summed E-state index contributed by atoms with van der Waals surface area (Å²) in [5.74, 6) is -0.412. The molecule has 0 aliphatic carbocycles. The van der Waals surface area contributed by atoms with Crippen LogP contribution in [0.3, 0.4) is 0 Å². The summed E-state index contributed by atoms with van der Waals surface area (Å²) in [5, 5.41) is 27.3. The highest BCUT2D eigenvalue weighted by atomic mass is 35.5. The van der Waals surface area contributed by atoms with Gasteiger partial charge in [0.2, 0.25) is 5.91 Å². The Labute approximate surface area is 211 Å². The molecule has 2 amide bonds. The predicted octanol–water partition coefficient (Wildman–Crippen LogP) is 4.01. The molecule has 1 aliphatic heterocycles. The fraction of sp³-hybridized carbons (Fsp3) is 0.227. The topological polar surface area (TPSA) is 155 Å². The number of hydrogen-bond donors (Lipinski definition) is 4. The molecule has 1 aliphatic rings. The molecule has 0 bridgehead atoms. The number of rotatable bonds is 4. The molecular weight excluding hydrogens is 517 g/mol. The molecule has 5 N–H and O–H groups in total. The molecule has 1 fully saturated rings. The molecule has 0 radical (unpaired) electrons. The zero-order valence-corrected chi connectivity index (χ0v) is 19.5. The van der Waals surface area contributed by atoms with Gasteiger partial charge in [0.05, 0.1) is 28.3 Å². The Morgan fingerprint density at radius 1 is 1.22 bits per heavy atom. The van der Waals surface area contributed by atoms with Gasteiger partial charge < -0.3 is 16.2 Å². The van der Waals surface area contributed by atoms with Gasteiger partial charge in [-0.3, -0.25) is 14.8 Å². The first-order chi connectivity index (χ1) is 17.5. The van der Waals surface area contributed by atoms with Gasteiger partial charge in [-0.05, 0) is 30.3 Å². The lowest BCUT2D eigenvalue weighted by atomic mass is 10.1. The van der Waals surface area contributed by atoms with Gasteiger partial charge in [0, 0.05) is 29.6 Å². The Balaban J connectivity index is 1.35. The van der Waals surface area contributed by atoms with Crippen LogP contribution in [0.2, 0.25) is 5.02 Å². The minimum Gasteiger partial charge on any atom is -0.465 e. The van der Waals surface area contributed by atoms with E-state index in [0.717, 1.165) is 16.4 Å². The van der Waals surface area contributed by atoms with Gasteiger partial charge in [-0.15, -0.1) is 5.10 Å². The maximum absolute atomic E-state index is 13.2. The fourth-order valence-electron chi connectivity index (χ4n) is 4.30. The lowest BCUT2D eigenvalue weighted by Gasteiger charge is -2.20. The summed E-state index contributed by atoms with van der Waals surface area (Å²) in [6, 6.07) is 6.59. The third-order valence-corrected chi connectivity index (χ3v) is 6.47. The molecule has 2 aromatic heterocycles. The van der Waals surface area contributed by atoms with Crippen LogP contribution in [0.5, 0.6) is 0 Å². The summed E-state index contributed by atoms with van der Waals surface area (Å²) in [6.07, 6.45) is -4.41. The van der Waals surface area contributed by atoms with E-state index in [2.05, 4.69) is 25.8 Å². The van der Waals surface area contributed by atoms with Gasteiger partial charge in [0.1, 0.15) is 11.7 Å². The third-order valence-electron chi connectivity index (χ3n) is 6.14. The maximum Gasteiger partial charge on any atom is 0.417 e. The number of nitrogens with two attached hydrogens (primary N) is 1. The molecule has 192 valence electrons. The highest BCUT2D eigenvalue weighted by Gasteiger charge is 2.41. The molecule has 2 aromatic carbocycles. The van der Waals surface area contributed by atoms with E-state index in [1.807, 2.05) is 0 Å². The largest absolute Gasteiger partial charge is 0.465 e. The average Bonchev–Trinajstić information content (AvgIpc) is 3.58. The van der Waals surface area contributed by atoms with E-state index < -0.39 is 40.8 Å². The van der Waals surface area contributed by atoms with Gasteiger partial charge in [0.15, 0.2) is 5.82 Å². The fourth-order valence-corrected chi connectivity index (χ4v) is 4.52. The molecule has 4 aromatic rings. The van der Waals surface area contributed by atoms with E-state index in [0.29, 0.717) is 28.7 Å². The number of amides is 2. The van der Waals surface area contributed by atoms with Gasteiger partial charge in [-0.25, -0.2) is 9.48 Å². The van der Waals surface area contributed by atoms with Gasteiger partial charge in [-0.1, -0.05) is 22.9 Å². The number of aromatic amines is 1. The number of nitrogen functional groups attached to an aromatic ring is 1. The van der Waals surface area contributed by atoms with E-state index in [-0.39, 0.29) is 18.7 Å². The Morgan fingerprint density at radius 3 is 2.73 bits per heavy atom. The average molecular weight is 535 g/mol. The number of anilines is 2. The predicted molar refractivity (Wildman–Crippen MR) is 127 cm³/mol. The Kier molecular flexibility index (Phi) is 5.90. The number of nitrogens with zero attached hydrogens (tertiary/aromatic N) is 5. The summed E-state index contributed by atoms with van der Waals surface area (Å²) in [7, 11) is 0. The summed E-state index contributed by atoms with van der Waals surface area (Å²) < 4.78 is 41.0. The number of hydrogen-bond acceptors (Lipinski definition) is 6. The van der Waals surface area contributed by atoms with Crippen molar-refractivity contribution >= 4 is 46.0 Å². The molecule has 3 heterocycles. The van der Waals surface area contributed by atoms with Crippen LogP contribution in [0.4, 0.5) is 29.5 Å². The number of likely N-dealkylation sites (tertiary alicyclic amines) is 1. The first-order valence-electron chi connectivity index (χ1n) is 10.8. The van der Waals surface area contributed by atoms with Crippen molar-refractivity contribution in [3.05, 3.63) is 53.2 Å². The van der Waals surface area contributed by atoms with E-state index in [1.165, 1.54) is 10.7 Å². The summed E-state index contributed by atoms with van der Waals surface area (Å²) >= 11 is 5.63. The Bertz CT molecular complexity index is 1520. The van der Waals surface area contributed by atoms with Crippen molar-refractivity contribution in [1.29, 1.82) is 0 Å². The highest BCUT2D eigenvalue weighted by molar-refractivity contribution is 6.31.